The van der Waals surface area contributed by atoms with Crippen LogP contribution in [0.25, 0.3) is 88.0 Å². The maximum atomic E-state index is 2.39. The predicted octanol–water partition coefficient (Wildman–Crippen LogP) is 12.4. The van der Waals surface area contributed by atoms with Gasteiger partial charge in [0.15, 0.2) is 0 Å². The van der Waals surface area contributed by atoms with Gasteiger partial charge >= 0.3 is 0 Å². The minimum atomic E-state index is 1.17. The molecule has 0 saturated carbocycles. The first-order valence-electron chi connectivity index (χ1n) is 16.5. The Morgan fingerprint density at radius 1 is 0.292 bits per heavy atom. The van der Waals surface area contributed by atoms with E-state index in [1.165, 1.54) is 88.0 Å². The van der Waals surface area contributed by atoms with Crippen LogP contribution in [0.3, 0.4) is 0 Å². The number of fused-ring (bicyclic) bond motifs is 7. The van der Waals surface area contributed by atoms with Crippen LogP contribution in [0.2, 0.25) is 0 Å². The average Bonchev–Trinajstić information content (AvgIpc) is 3.68. The molecular weight excluding hydrogens is 581 g/mol. The van der Waals surface area contributed by atoms with Gasteiger partial charge in [0.2, 0.25) is 0 Å². The van der Waals surface area contributed by atoms with Gasteiger partial charge in [-0.25, -0.2) is 0 Å². The summed E-state index contributed by atoms with van der Waals surface area (Å²) in [7, 11) is 0. The Labute approximate surface area is 278 Å². The van der Waals surface area contributed by atoms with Crippen molar-refractivity contribution in [2.24, 2.45) is 0 Å². The molecule has 2 heterocycles. The minimum Gasteiger partial charge on any atom is -0.309 e. The van der Waals surface area contributed by atoms with Gasteiger partial charge in [0.05, 0.1) is 22.1 Å². The second-order valence-corrected chi connectivity index (χ2v) is 12.6. The number of rotatable bonds is 4. The molecule has 2 nitrogen and oxygen atoms in total. The Kier molecular flexibility index (Phi) is 5.91. The number of hydrogen-bond donors (Lipinski definition) is 0. The molecule has 2 aromatic heterocycles. The zero-order valence-corrected chi connectivity index (χ0v) is 26.2. The van der Waals surface area contributed by atoms with Crippen molar-refractivity contribution in [3.05, 3.63) is 182 Å². The van der Waals surface area contributed by atoms with Crippen molar-refractivity contribution in [1.82, 2.24) is 9.13 Å². The fourth-order valence-corrected chi connectivity index (χ4v) is 7.81. The molecule has 0 aliphatic carbocycles. The second kappa shape index (κ2) is 10.6. The third-order valence-electron chi connectivity index (χ3n) is 9.89. The first-order valence-corrected chi connectivity index (χ1v) is 16.5. The van der Waals surface area contributed by atoms with Crippen LogP contribution < -0.4 is 0 Å². The summed E-state index contributed by atoms with van der Waals surface area (Å²) >= 11 is 0. The summed E-state index contributed by atoms with van der Waals surface area (Å²) < 4.78 is 4.77. The van der Waals surface area contributed by atoms with Gasteiger partial charge in [0.1, 0.15) is 0 Å². The molecule has 8 aromatic carbocycles. The summed E-state index contributed by atoms with van der Waals surface area (Å²) in [6, 6.07) is 66.1. The minimum absolute atomic E-state index is 1.17. The van der Waals surface area contributed by atoms with Crippen LogP contribution in [0.1, 0.15) is 0 Å². The highest BCUT2D eigenvalue weighted by Crippen LogP contribution is 2.41. The second-order valence-electron chi connectivity index (χ2n) is 12.6. The number of nitrogens with zero attached hydrogens (tertiary/aromatic N) is 2. The molecule has 0 aliphatic heterocycles. The molecule has 10 rings (SSSR count). The number of aromatic nitrogens is 2. The Morgan fingerprint density at radius 3 is 1.15 bits per heavy atom. The van der Waals surface area contributed by atoms with E-state index >= 15 is 0 Å². The number of hydrogen-bond acceptors (Lipinski definition) is 0. The highest BCUT2D eigenvalue weighted by atomic mass is 15.0. The molecule has 0 aliphatic rings. The molecule has 0 fully saturated rings. The van der Waals surface area contributed by atoms with Crippen molar-refractivity contribution in [3.63, 3.8) is 0 Å². The lowest BCUT2D eigenvalue weighted by molar-refractivity contribution is 1.18. The molecule has 0 unspecified atom stereocenters. The fraction of sp³-hybridized carbons (Fsp3) is 0. The molecule has 2 heteroatoms. The third kappa shape index (κ3) is 4.00. The quantitative estimate of drug-likeness (QED) is 0.188. The van der Waals surface area contributed by atoms with Gasteiger partial charge in [0, 0.05) is 32.9 Å². The Bertz CT molecular complexity index is 2620. The van der Waals surface area contributed by atoms with Crippen molar-refractivity contribution < 1.29 is 0 Å². The molecule has 48 heavy (non-hydrogen) atoms. The predicted molar refractivity (Wildman–Crippen MR) is 203 cm³/mol. The van der Waals surface area contributed by atoms with Gasteiger partial charge in [-0.15, -0.1) is 0 Å². The van der Waals surface area contributed by atoms with E-state index in [0.717, 1.165) is 0 Å². The molecule has 0 atom stereocenters. The standard InChI is InChI=1S/C46H30N2/c1-3-13-35(14-4-1)47-41-21-9-7-17-39(41)45-37(19-11-23-43(45)47)33-27-25-32-30-34(28-26-31(32)29-33)38-20-12-24-44-46(38)40-18-8-10-22-42(40)48(44)36-15-5-2-6-16-36/h1-30H. The molecular formula is C46H30N2. The van der Waals surface area contributed by atoms with Gasteiger partial charge in [-0.3, -0.25) is 0 Å². The van der Waals surface area contributed by atoms with E-state index in [-0.39, 0.29) is 0 Å². The normalized spacial score (nSPS) is 11.8. The zero-order chi connectivity index (χ0) is 31.6. The van der Waals surface area contributed by atoms with E-state index in [2.05, 4.69) is 191 Å². The van der Waals surface area contributed by atoms with Crippen LogP contribution in [0, 0.1) is 0 Å². The molecule has 0 bridgehead atoms. The summed E-state index contributed by atoms with van der Waals surface area (Å²) in [4.78, 5) is 0. The Hall–Kier alpha value is -6.38. The SMILES string of the molecule is c1ccc(-n2c3ccccc3c3c(-c4ccc5cc(-c6cccc7c6c6ccccc6n7-c6ccccc6)ccc5c4)cccc32)cc1. The van der Waals surface area contributed by atoms with Crippen LogP contribution in [0.15, 0.2) is 182 Å². The number of benzene rings is 8. The maximum absolute atomic E-state index is 2.39. The van der Waals surface area contributed by atoms with Gasteiger partial charge < -0.3 is 9.13 Å². The average molecular weight is 611 g/mol. The van der Waals surface area contributed by atoms with E-state index in [1.54, 1.807) is 0 Å². The topological polar surface area (TPSA) is 9.86 Å². The number of para-hydroxylation sites is 4. The van der Waals surface area contributed by atoms with Crippen molar-refractivity contribution in [2.75, 3.05) is 0 Å². The molecule has 0 radical (unpaired) electrons. The smallest absolute Gasteiger partial charge is 0.0547 e. The van der Waals surface area contributed by atoms with E-state index in [0.29, 0.717) is 0 Å². The lowest BCUT2D eigenvalue weighted by Crippen LogP contribution is -1.93. The van der Waals surface area contributed by atoms with Crippen LogP contribution in [-0.2, 0) is 0 Å². The highest BCUT2D eigenvalue weighted by Gasteiger charge is 2.18. The largest absolute Gasteiger partial charge is 0.309 e. The van der Waals surface area contributed by atoms with Crippen molar-refractivity contribution >= 4 is 54.4 Å². The first kappa shape index (κ1) is 26.8. The molecule has 0 amide bonds. The summed E-state index contributed by atoms with van der Waals surface area (Å²) in [5, 5.41) is 7.58. The molecule has 0 saturated heterocycles. The molecule has 10 aromatic rings. The van der Waals surface area contributed by atoms with Crippen LogP contribution in [0.4, 0.5) is 0 Å². The van der Waals surface area contributed by atoms with Crippen molar-refractivity contribution in [3.8, 4) is 33.6 Å². The fourth-order valence-electron chi connectivity index (χ4n) is 7.81. The highest BCUT2D eigenvalue weighted by molar-refractivity contribution is 6.17. The van der Waals surface area contributed by atoms with Gasteiger partial charge in [0.25, 0.3) is 0 Å². The van der Waals surface area contributed by atoms with E-state index in [4.69, 9.17) is 0 Å². The van der Waals surface area contributed by atoms with Crippen LogP contribution in [-0.4, -0.2) is 9.13 Å². The van der Waals surface area contributed by atoms with E-state index in [9.17, 15) is 0 Å². The maximum Gasteiger partial charge on any atom is 0.0547 e. The van der Waals surface area contributed by atoms with Crippen LogP contribution >= 0.6 is 0 Å². The Morgan fingerprint density at radius 2 is 0.688 bits per heavy atom. The summed E-state index contributed by atoms with van der Waals surface area (Å²) in [5.74, 6) is 0. The van der Waals surface area contributed by atoms with Crippen LogP contribution in [0.5, 0.6) is 0 Å². The summed E-state index contributed by atoms with van der Waals surface area (Å²) in [5.41, 5.74) is 12.2. The van der Waals surface area contributed by atoms with Gasteiger partial charge in [-0.05, 0) is 93.7 Å². The monoisotopic (exact) mass is 610 g/mol. The summed E-state index contributed by atoms with van der Waals surface area (Å²) in [6.45, 7) is 0. The molecule has 0 spiro atoms. The molecule has 0 N–H and O–H groups in total. The Balaban J connectivity index is 1.14. The van der Waals surface area contributed by atoms with E-state index < -0.39 is 0 Å². The first-order chi connectivity index (χ1) is 23.8. The summed E-state index contributed by atoms with van der Waals surface area (Å²) in [6.07, 6.45) is 0. The lowest BCUT2D eigenvalue weighted by Gasteiger charge is -2.11. The van der Waals surface area contributed by atoms with E-state index in [1.807, 2.05) is 0 Å². The van der Waals surface area contributed by atoms with Gasteiger partial charge in [-0.1, -0.05) is 121 Å². The van der Waals surface area contributed by atoms with Gasteiger partial charge in [-0.2, -0.15) is 0 Å². The lowest BCUT2D eigenvalue weighted by atomic mass is 9.94. The van der Waals surface area contributed by atoms with Crippen molar-refractivity contribution in [2.45, 2.75) is 0 Å². The molecule has 224 valence electrons. The van der Waals surface area contributed by atoms with Crippen molar-refractivity contribution in [1.29, 1.82) is 0 Å². The zero-order valence-electron chi connectivity index (χ0n) is 26.2. The third-order valence-corrected chi connectivity index (χ3v) is 9.89.